The number of ether oxygens (including phenoxy) is 1. The molecule has 1 rings (SSSR count). The van der Waals surface area contributed by atoms with Gasteiger partial charge in [0.25, 0.3) is 0 Å². The van der Waals surface area contributed by atoms with Gasteiger partial charge in [-0.1, -0.05) is 32.9 Å². The topological polar surface area (TPSA) is 26.3 Å². The van der Waals surface area contributed by atoms with Gasteiger partial charge >= 0.3 is 5.97 Å². The van der Waals surface area contributed by atoms with Crippen LogP contribution in [0.1, 0.15) is 46.1 Å². The first-order valence-corrected chi connectivity index (χ1v) is 5.81. The van der Waals surface area contributed by atoms with Gasteiger partial charge in [0, 0.05) is 6.92 Å². The molecule has 0 aliphatic rings. The first kappa shape index (κ1) is 12.8. The highest BCUT2D eigenvalue weighted by Gasteiger charge is 2.21. The van der Waals surface area contributed by atoms with Crippen LogP contribution in [-0.4, -0.2) is 5.97 Å². The zero-order valence-corrected chi connectivity index (χ0v) is 10.5. The largest absolute Gasteiger partial charge is 0.427 e. The molecule has 0 unspecified atom stereocenters. The van der Waals surface area contributed by atoms with Crippen LogP contribution < -0.4 is 4.74 Å². The fraction of sp³-hybridized carbons (Fsp3) is 0.500. The zero-order valence-electron chi connectivity index (χ0n) is 10.5. The first-order chi connectivity index (χ1) is 7.51. The molecule has 2 nitrogen and oxygen atoms in total. The second-order valence-electron chi connectivity index (χ2n) is 4.39. The van der Waals surface area contributed by atoms with Crippen molar-refractivity contribution in [3.63, 3.8) is 0 Å². The van der Waals surface area contributed by atoms with E-state index in [0.29, 0.717) is 5.75 Å². The molecule has 88 valence electrons. The summed E-state index contributed by atoms with van der Waals surface area (Å²) in [6.07, 6.45) is 2.22. The smallest absolute Gasteiger partial charge is 0.308 e. The molecule has 0 aromatic heterocycles. The predicted molar refractivity (Wildman–Crippen MR) is 65.7 cm³/mol. The van der Waals surface area contributed by atoms with Crippen molar-refractivity contribution in [1.82, 2.24) is 0 Å². The number of hydrogen-bond acceptors (Lipinski definition) is 2. The van der Waals surface area contributed by atoms with Gasteiger partial charge in [0.2, 0.25) is 0 Å². The molecule has 0 saturated heterocycles. The molecule has 1 aromatic rings. The molecule has 0 amide bonds. The monoisotopic (exact) mass is 220 g/mol. The quantitative estimate of drug-likeness (QED) is 0.571. The SMILES string of the molecule is CCC(C)(CC)c1ccc(OC(C)=O)cc1. The average Bonchev–Trinajstić information content (AvgIpc) is 2.28. The Bertz CT molecular complexity index is 348. The van der Waals surface area contributed by atoms with E-state index >= 15 is 0 Å². The fourth-order valence-corrected chi connectivity index (χ4v) is 1.75. The third-order valence-corrected chi connectivity index (χ3v) is 3.37. The van der Waals surface area contributed by atoms with Crippen molar-refractivity contribution in [1.29, 1.82) is 0 Å². The Morgan fingerprint density at radius 2 is 1.69 bits per heavy atom. The molecule has 0 saturated carbocycles. The number of hydrogen-bond donors (Lipinski definition) is 0. The van der Waals surface area contributed by atoms with Crippen molar-refractivity contribution < 1.29 is 9.53 Å². The van der Waals surface area contributed by atoms with E-state index in [-0.39, 0.29) is 11.4 Å². The normalized spacial score (nSPS) is 11.2. The van der Waals surface area contributed by atoms with E-state index in [2.05, 4.69) is 20.8 Å². The van der Waals surface area contributed by atoms with Crippen molar-refractivity contribution in [2.45, 2.75) is 46.0 Å². The Morgan fingerprint density at radius 1 is 1.19 bits per heavy atom. The Labute approximate surface area is 97.6 Å². The summed E-state index contributed by atoms with van der Waals surface area (Å²) in [5.74, 6) is 0.340. The minimum Gasteiger partial charge on any atom is -0.427 e. The van der Waals surface area contributed by atoms with Gasteiger partial charge in [-0.2, -0.15) is 0 Å². The molecule has 0 aliphatic heterocycles. The lowest BCUT2D eigenvalue weighted by molar-refractivity contribution is -0.131. The second-order valence-corrected chi connectivity index (χ2v) is 4.39. The average molecular weight is 220 g/mol. The van der Waals surface area contributed by atoms with Crippen molar-refractivity contribution in [3.8, 4) is 5.75 Å². The van der Waals surface area contributed by atoms with E-state index in [0.717, 1.165) is 12.8 Å². The number of benzene rings is 1. The van der Waals surface area contributed by atoms with Gasteiger partial charge in [-0.25, -0.2) is 0 Å². The minimum atomic E-state index is -0.276. The fourth-order valence-electron chi connectivity index (χ4n) is 1.75. The van der Waals surface area contributed by atoms with E-state index in [1.807, 2.05) is 24.3 Å². The van der Waals surface area contributed by atoms with E-state index < -0.39 is 0 Å². The van der Waals surface area contributed by atoms with Gasteiger partial charge in [-0.3, -0.25) is 4.79 Å². The summed E-state index contributed by atoms with van der Waals surface area (Å²) in [5, 5.41) is 0. The highest BCUT2D eigenvalue weighted by atomic mass is 16.5. The summed E-state index contributed by atoms with van der Waals surface area (Å²) < 4.78 is 5.01. The molecule has 0 N–H and O–H groups in total. The third kappa shape index (κ3) is 2.84. The van der Waals surface area contributed by atoms with Crippen LogP contribution in [0.3, 0.4) is 0 Å². The van der Waals surface area contributed by atoms with Crippen molar-refractivity contribution >= 4 is 5.97 Å². The molecular formula is C14H20O2. The van der Waals surface area contributed by atoms with Gasteiger partial charge in [-0.15, -0.1) is 0 Å². The third-order valence-electron chi connectivity index (χ3n) is 3.37. The number of rotatable bonds is 4. The molecule has 0 atom stereocenters. The molecule has 0 spiro atoms. The predicted octanol–water partition coefficient (Wildman–Crippen LogP) is 3.69. The van der Waals surface area contributed by atoms with Crippen LogP contribution in [0.4, 0.5) is 0 Å². The van der Waals surface area contributed by atoms with Gasteiger partial charge in [0.05, 0.1) is 0 Å². The van der Waals surface area contributed by atoms with Crippen LogP contribution >= 0.6 is 0 Å². The maximum Gasteiger partial charge on any atom is 0.308 e. The molecule has 0 bridgehead atoms. The summed E-state index contributed by atoms with van der Waals surface area (Å²) in [4.78, 5) is 10.8. The Balaban J connectivity index is 2.89. The molecule has 0 fully saturated rings. The molecule has 1 aromatic carbocycles. The number of carbonyl (C=O) groups excluding carboxylic acids is 1. The maximum absolute atomic E-state index is 10.8. The van der Waals surface area contributed by atoms with E-state index in [4.69, 9.17) is 4.74 Å². The lowest BCUT2D eigenvalue weighted by Gasteiger charge is -2.27. The lowest BCUT2D eigenvalue weighted by atomic mass is 9.78. The van der Waals surface area contributed by atoms with Crippen LogP contribution in [0.2, 0.25) is 0 Å². The molecule has 16 heavy (non-hydrogen) atoms. The van der Waals surface area contributed by atoms with Gasteiger partial charge in [-0.05, 0) is 36.0 Å². The van der Waals surface area contributed by atoms with Crippen LogP contribution in [0.15, 0.2) is 24.3 Å². The second kappa shape index (κ2) is 5.15. The molecular weight excluding hydrogens is 200 g/mol. The van der Waals surface area contributed by atoms with Crippen LogP contribution in [0.5, 0.6) is 5.75 Å². The lowest BCUT2D eigenvalue weighted by Crippen LogP contribution is -2.19. The maximum atomic E-state index is 10.8. The number of esters is 1. The number of carbonyl (C=O) groups is 1. The molecule has 0 aliphatic carbocycles. The van der Waals surface area contributed by atoms with Crippen molar-refractivity contribution in [2.24, 2.45) is 0 Å². The first-order valence-electron chi connectivity index (χ1n) is 5.81. The minimum absolute atomic E-state index is 0.217. The van der Waals surface area contributed by atoms with Crippen LogP contribution in [0.25, 0.3) is 0 Å². The molecule has 0 heterocycles. The van der Waals surface area contributed by atoms with Crippen LogP contribution in [-0.2, 0) is 10.2 Å². The zero-order chi connectivity index (χ0) is 12.2. The van der Waals surface area contributed by atoms with E-state index in [1.165, 1.54) is 12.5 Å². The van der Waals surface area contributed by atoms with Gasteiger partial charge < -0.3 is 4.74 Å². The Hall–Kier alpha value is -1.31. The summed E-state index contributed by atoms with van der Waals surface area (Å²) in [7, 11) is 0. The highest BCUT2D eigenvalue weighted by molar-refractivity contribution is 5.69. The summed E-state index contributed by atoms with van der Waals surface area (Å²) in [6, 6.07) is 7.82. The van der Waals surface area contributed by atoms with E-state index in [1.54, 1.807) is 0 Å². The molecule has 0 radical (unpaired) electrons. The van der Waals surface area contributed by atoms with Crippen molar-refractivity contribution in [3.05, 3.63) is 29.8 Å². The Morgan fingerprint density at radius 3 is 2.06 bits per heavy atom. The highest BCUT2D eigenvalue weighted by Crippen LogP contribution is 2.31. The summed E-state index contributed by atoms with van der Waals surface area (Å²) in [5.41, 5.74) is 1.52. The van der Waals surface area contributed by atoms with Gasteiger partial charge in [0.15, 0.2) is 0 Å². The molecule has 2 heteroatoms. The van der Waals surface area contributed by atoms with Gasteiger partial charge in [0.1, 0.15) is 5.75 Å². The standard InChI is InChI=1S/C14H20O2/c1-5-14(4,6-2)12-7-9-13(10-8-12)16-11(3)15/h7-10H,5-6H2,1-4H3. The van der Waals surface area contributed by atoms with E-state index in [9.17, 15) is 4.79 Å². The van der Waals surface area contributed by atoms with Crippen molar-refractivity contribution in [2.75, 3.05) is 0 Å². The Kier molecular flexibility index (Phi) is 4.11. The summed E-state index contributed by atoms with van der Waals surface area (Å²) in [6.45, 7) is 8.07. The summed E-state index contributed by atoms with van der Waals surface area (Å²) >= 11 is 0. The van der Waals surface area contributed by atoms with Crippen LogP contribution in [0, 0.1) is 0 Å².